The number of esters is 1. The molecule has 1 aromatic carbocycles. The third-order valence-electron chi connectivity index (χ3n) is 2.16. The van der Waals surface area contributed by atoms with Gasteiger partial charge < -0.3 is 15.2 Å². The Morgan fingerprint density at radius 2 is 2.06 bits per heavy atom. The Morgan fingerprint density at radius 1 is 1.39 bits per heavy atom. The van der Waals surface area contributed by atoms with Crippen LogP contribution in [0.4, 0.5) is 0 Å². The number of aliphatic hydroxyl groups is 1. The number of hydrogen-bond acceptors (Lipinski definition) is 4. The van der Waals surface area contributed by atoms with Crippen molar-refractivity contribution in [1.29, 1.82) is 0 Å². The molecule has 1 amide bonds. The van der Waals surface area contributed by atoms with E-state index in [1.54, 1.807) is 0 Å². The van der Waals surface area contributed by atoms with Gasteiger partial charge in [-0.15, -0.1) is 0 Å². The number of nitrogens with one attached hydrogen (secondary N) is 1. The molecule has 0 aliphatic carbocycles. The van der Waals surface area contributed by atoms with Crippen LogP contribution in [0.25, 0.3) is 0 Å². The minimum absolute atomic E-state index is 0.225. The van der Waals surface area contributed by atoms with Crippen LogP contribution in [0, 0.1) is 0 Å². The molecule has 0 saturated heterocycles. The van der Waals surface area contributed by atoms with Crippen LogP contribution in [0.1, 0.15) is 10.4 Å². The van der Waals surface area contributed by atoms with E-state index in [9.17, 15) is 9.59 Å². The zero-order valence-corrected chi connectivity index (χ0v) is 11.0. The molecule has 0 saturated carbocycles. The van der Waals surface area contributed by atoms with E-state index >= 15 is 0 Å². The van der Waals surface area contributed by atoms with Crippen LogP contribution in [0.2, 0.25) is 10.0 Å². The van der Waals surface area contributed by atoms with Gasteiger partial charge in [0.1, 0.15) is 0 Å². The molecular formula is C11H11Cl2NO4. The maximum absolute atomic E-state index is 11.8. The van der Waals surface area contributed by atoms with Gasteiger partial charge in [-0.2, -0.15) is 0 Å². The number of amides is 1. The van der Waals surface area contributed by atoms with Gasteiger partial charge in [0, 0.05) is 5.56 Å². The van der Waals surface area contributed by atoms with E-state index < -0.39 is 24.5 Å². The zero-order valence-electron chi connectivity index (χ0n) is 9.44. The van der Waals surface area contributed by atoms with E-state index in [2.05, 4.69) is 10.1 Å². The number of hydrogen-bond donors (Lipinski definition) is 2. The molecular weight excluding hydrogens is 281 g/mol. The molecule has 1 unspecified atom stereocenters. The lowest BCUT2D eigenvalue weighted by Crippen LogP contribution is -2.44. The lowest BCUT2D eigenvalue weighted by atomic mass is 10.2. The second-order valence-corrected chi connectivity index (χ2v) is 4.18. The van der Waals surface area contributed by atoms with Gasteiger partial charge in [0.2, 0.25) is 0 Å². The van der Waals surface area contributed by atoms with Crippen molar-refractivity contribution in [2.45, 2.75) is 6.04 Å². The van der Waals surface area contributed by atoms with Gasteiger partial charge in [0.05, 0.1) is 23.8 Å². The molecule has 0 heterocycles. The van der Waals surface area contributed by atoms with Crippen LogP contribution in [0.15, 0.2) is 18.2 Å². The number of methoxy groups -OCH3 is 1. The molecule has 0 aliphatic heterocycles. The highest BCUT2D eigenvalue weighted by molar-refractivity contribution is 6.42. The molecule has 1 aromatic rings. The number of benzene rings is 1. The summed E-state index contributed by atoms with van der Waals surface area (Å²) in [5.74, 6) is -1.29. The van der Waals surface area contributed by atoms with Crippen molar-refractivity contribution >= 4 is 35.1 Å². The molecule has 7 heteroatoms. The Bertz CT molecular complexity index is 464. The summed E-state index contributed by atoms with van der Waals surface area (Å²) in [6.07, 6.45) is 0. The second-order valence-electron chi connectivity index (χ2n) is 3.36. The van der Waals surface area contributed by atoms with Gasteiger partial charge in [-0.05, 0) is 18.2 Å². The molecule has 98 valence electrons. The molecule has 1 rings (SSSR count). The third-order valence-corrected chi connectivity index (χ3v) is 2.89. The average Bonchev–Trinajstić information content (AvgIpc) is 2.37. The Labute approximate surface area is 114 Å². The SMILES string of the molecule is COC(=O)C(CO)NC(=O)c1ccc(Cl)c(Cl)c1. The summed E-state index contributed by atoms with van der Waals surface area (Å²) in [4.78, 5) is 23.0. The molecule has 0 aromatic heterocycles. The van der Waals surface area contributed by atoms with E-state index in [-0.39, 0.29) is 10.6 Å². The zero-order chi connectivity index (χ0) is 13.7. The number of carbonyl (C=O) groups excluding carboxylic acids is 2. The third kappa shape index (κ3) is 3.60. The molecule has 0 fully saturated rings. The van der Waals surface area contributed by atoms with E-state index in [1.165, 1.54) is 18.2 Å². The Kier molecular flexibility index (Phi) is 5.40. The normalized spacial score (nSPS) is 11.8. The number of aliphatic hydroxyl groups excluding tert-OH is 1. The first-order valence-electron chi connectivity index (χ1n) is 4.94. The smallest absolute Gasteiger partial charge is 0.330 e. The van der Waals surface area contributed by atoms with Crippen molar-refractivity contribution in [1.82, 2.24) is 5.32 Å². The van der Waals surface area contributed by atoms with E-state index in [4.69, 9.17) is 28.3 Å². The summed E-state index contributed by atoms with van der Waals surface area (Å²) < 4.78 is 4.42. The number of rotatable bonds is 4. The highest BCUT2D eigenvalue weighted by Crippen LogP contribution is 2.22. The lowest BCUT2D eigenvalue weighted by Gasteiger charge is -2.13. The molecule has 0 aliphatic rings. The minimum Gasteiger partial charge on any atom is -0.467 e. The monoisotopic (exact) mass is 291 g/mol. The van der Waals surface area contributed by atoms with E-state index in [0.29, 0.717) is 5.02 Å². The predicted molar refractivity (Wildman–Crippen MR) is 66.8 cm³/mol. The van der Waals surface area contributed by atoms with Gasteiger partial charge in [-0.25, -0.2) is 4.79 Å². The van der Waals surface area contributed by atoms with Gasteiger partial charge in [0.15, 0.2) is 6.04 Å². The summed E-state index contributed by atoms with van der Waals surface area (Å²) in [6, 6.07) is 3.17. The number of halogens is 2. The van der Waals surface area contributed by atoms with Gasteiger partial charge in [-0.3, -0.25) is 4.79 Å². The molecule has 5 nitrogen and oxygen atoms in total. The Morgan fingerprint density at radius 3 is 2.56 bits per heavy atom. The van der Waals surface area contributed by atoms with E-state index in [1.807, 2.05) is 0 Å². The van der Waals surface area contributed by atoms with E-state index in [0.717, 1.165) is 7.11 Å². The van der Waals surface area contributed by atoms with Crippen LogP contribution < -0.4 is 5.32 Å². The molecule has 18 heavy (non-hydrogen) atoms. The molecule has 2 N–H and O–H groups in total. The van der Waals surface area contributed by atoms with Crippen LogP contribution in [0.3, 0.4) is 0 Å². The summed E-state index contributed by atoms with van der Waals surface area (Å²) in [7, 11) is 1.16. The molecule has 0 radical (unpaired) electrons. The lowest BCUT2D eigenvalue weighted by molar-refractivity contribution is -0.143. The quantitative estimate of drug-likeness (QED) is 0.819. The summed E-state index contributed by atoms with van der Waals surface area (Å²) in [5.41, 5.74) is 0.228. The van der Waals surface area contributed by atoms with Crippen molar-refractivity contribution < 1.29 is 19.4 Å². The first-order chi connectivity index (χ1) is 8.49. The fourth-order valence-corrected chi connectivity index (χ4v) is 1.50. The molecule has 0 bridgehead atoms. The predicted octanol–water partition coefficient (Wildman–Crippen LogP) is 1.26. The van der Waals surface area contributed by atoms with Crippen molar-refractivity contribution in [3.63, 3.8) is 0 Å². The molecule has 0 spiro atoms. The van der Waals surface area contributed by atoms with Crippen LogP contribution in [0.5, 0.6) is 0 Å². The van der Waals surface area contributed by atoms with Crippen LogP contribution in [-0.4, -0.2) is 36.7 Å². The van der Waals surface area contributed by atoms with Crippen LogP contribution >= 0.6 is 23.2 Å². The number of ether oxygens (including phenoxy) is 1. The van der Waals surface area contributed by atoms with Gasteiger partial charge >= 0.3 is 5.97 Å². The summed E-state index contributed by atoms with van der Waals surface area (Å²) in [6.45, 7) is -0.556. The Hall–Kier alpha value is -1.30. The number of carbonyl (C=O) groups is 2. The van der Waals surface area contributed by atoms with Crippen molar-refractivity contribution in [2.75, 3.05) is 13.7 Å². The fraction of sp³-hybridized carbons (Fsp3) is 0.273. The van der Waals surface area contributed by atoms with Gasteiger partial charge in [-0.1, -0.05) is 23.2 Å². The highest BCUT2D eigenvalue weighted by Gasteiger charge is 2.21. The summed E-state index contributed by atoms with van der Waals surface area (Å²) >= 11 is 11.5. The standard InChI is InChI=1S/C11H11Cl2NO4/c1-18-11(17)9(5-15)14-10(16)6-2-3-7(12)8(13)4-6/h2-4,9,15H,5H2,1H3,(H,14,16). The summed E-state index contributed by atoms with van der Waals surface area (Å²) in [5, 5.41) is 11.8. The van der Waals surface area contributed by atoms with Crippen molar-refractivity contribution in [3.05, 3.63) is 33.8 Å². The van der Waals surface area contributed by atoms with Gasteiger partial charge in [0.25, 0.3) is 5.91 Å². The topological polar surface area (TPSA) is 75.6 Å². The highest BCUT2D eigenvalue weighted by atomic mass is 35.5. The fourth-order valence-electron chi connectivity index (χ4n) is 1.20. The first kappa shape index (κ1) is 14.8. The average molecular weight is 292 g/mol. The van der Waals surface area contributed by atoms with Crippen molar-refractivity contribution in [3.8, 4) is 0 Å². The van der Waals surface area contributed by atoms with Crippen LogP contribution in [-0.2, 0) is 9.53 Å². The maximum atomic E-state index is 11.8. The first-order valence-corrected chi connectivity index (χ1v) is 5.69. The van der Waals surface area contributed by atoms with Crippen molar-refractivity contribution in [2.24, 2.45) is 0 Å². The minimum atomic E-state index is -1.11. The second kappa shape index (κ2) is 6.58. The molecule has 1 atom stereocenters. The largest absolute Gasteiger partial charge is 0.467 e. The maximum Gasteiger partial charge on any atom is 0.330 e. The Balaban J connectivity index is 2.81.